The van der Waals surface area contributed by atoms with Gasteiger partial charge in [-0.1, -0.05) is 42.8 Å². The first-order chi connectivity index (χ1) is 15.0. The van der Waals surface area contributed by atoms with E-state index in [1.165, 1.54) is 11.8 Å². The van der Waals surface area contributed by atoms with Crippen LogP contribution in [0.4, 0.5) is 0 Å². The standard InChI is InChI=1S/C23H24N4O2S2/c1-13-14(2)30-21-18(13)22(28)27(17-11-7-8-12-17)23(24-21)31-15(3)19-25-26-20(29-19)16-9-5-4-6-10-16/h4-6,9-10,15,17H,7-8,11-12H2,1-3H3. The number of rotatable bonds is 5. The second-order valence-electron chi connectivity index (χ2n) is 8.04. The monoisotopic (exact) mass is 452 g/mol. The first-order valence-electron chi connectivity index (χ1n) is 10.6. The van der Waals surface area contributed by atoms with Crippen LogP contribution in [0.2, 0.25) is 0 Å². The molecule has 0 N–H and O–H groups in total. The number of hydrogen-bond donors (Lipinski definition) is 0. The Morgan fingerprint density at radius 2 is 1.90 bits per heavy atom. The van der Waals surface area contributed by atoms with Gasteiger partial charge in [0.25, 0.3) is 5.56 Å². The first-order valence-corrected chi connectivity index (χ1v) is 12.3. The summed E-state index contributed by atoms with van der Waals surface area (Å²) in [6.45, 7) is 6.10. The minimum Gasteiger partial charge on any atom is -0.419 e. The second-order valence-corrected chi connectivity index (χ2v) is 10.6. The smallest absolute Gasteiger partial charge is 0.263 e. The Kier molecular flexibility index (Phi) is 5.44. The maximum Gasteiger partial charge on any atom is 0.263 e. The van der Waals surface area contributed by atoms with Gasteiger partial charge < -0.3 is 4.42 Å². The summed E-state index contributed by atoms with van der Waals surface area (Å²) in [5.41, 5.74) is 2.03. The molecule has 1 saturated carbocycles. The number of thiophene rings is 1. The Bertz CT molecular complexity index is 1290. The fourth-order valence-corrected chi connectivity index (χ4v) is 6.24. The first kappa shape index (κ1) is 20.5. The van der Waals surface area contributed by atoms with E-state index in [-0.39, 0.29) is 16.9 Å². The molecule has 0 saturated heterocycles. The highest BCUT2D eigenvalue weighted by Crippen LogP contribution is 2.39. The highest BCUT2D eigenvalue weighted by atomic mass is 32.2. The molecule has 0 bridgehead atoms. The van der Waals surface area contributed by atoms with Crippen LogP contribution in [0, 0.1) is 13.8 Å². The van der Waals surface area contributed by atoms with E-state index in [2.05, 4.69) is 17.1 Å². The number of aryl methyl sites for hydroxylation is 2. The van der Waals surface area contributed by atoms with E-state index in [4.69, 9.17) is 9.40 Å². The number of thioether (sulfide) groups is 1. The molecule has 3 aromatic heterocycles. The van der Waals surface area contributed by atoms with Crippen LogP contribution in [-0.2, 0) is 0 Å². The minimum atomic E-state index is -0.121. The molecule has 5 rings (SSSR count). The molecular weight excluding hydrogens is 428 g/mol. The van der Waals surface area contributed by atoms with Crippen LogP contribution >= 0.6 is 23.1 Å². The molecule has 1 fully saturated rings. The molecule has 1 unspecified atom stereocenters. The molecule has 1 aliphatic rings. The molecule has 160 valence electrons. The van der Waals surface area contributed by atoms with Gasteiger partial charge in [-0.15, -0.1) is 21.5 Å². The average Bonchev–Trinajstić information content (AvgIpc) is 3.51. The van der Waals surface area contributed by atoms with E-state index in [1.807, 2.05) is 48.7 Å². The number of nitrogens with zero attached hydrogens (tertiary/aromatic N) is 4. The lowest BCUT2D eigenvalue weighted by molar-refractivity contribution is 0.456. The summed E-state index contributed by atoms with van der Waals surface area (Å²) in [7, 11) is 0. The summed E-state index contributed by atoms with van der Waals surface area (Å²) in [5.74, 6) is 1.04. The SMILES string of the molecule is Cc1sc2nc(SC(C)c3nnc(-c4ccccc4)o3)n(C3CCCC3)c(=O)c2c1C. The van der Waals surface area contributed by atoms with Crippen molar-refractivity contribution in [2.45, 2.75) is 62.9 Å². The van der Waals surface area contributed by atoms with Crippen molar-refractivity contribution in [3.63, 3.8) is 0 Å². The summed E-state index contributed by atoms with van der Waals surface area (Å²) < 4.78 is 7.89. The van der Waals surface area contributed by atoms with Crippen molar-refractivity contribution in [2.75, 3.05) is 0 Å². The fraction of sp³-hybridized carbons (Fsp3) is 0.391. The molecule has 0 radical (unpaired) electrons. The molecule has 6 nitrogen and oxygen atoms in total. The van der Waals surface area contributed by atoms with E-state index >= 15 is 0 Å². The van der Waals surface area contributed by atoms with E-state index in [1.54, 1.807) is 11.3 Å². The molecule has 31 heavy (non-hydrogen) atoms. The number of benzene rings is 1. The van der Waals surface area contributed by atoms with Crippen molar-refractivity contribution in [2.24, 2.45) is 0 Å². The molecule has 0 spiro atoms. The van der Waals surface area contributed by atoms with Gasteiger partial charge in [0.05, 0.1) is 10.6 Å². The van der Waals surface area contributed by atoms with Gasteiger partial charge in [-0.05, 0) is 51.3 Å². The predicted octanol–water partition coefficient (Wildman–Crippen LogP) is 6.09. The third-order valence-electron chi connectivity index (χ3n) is 5.98. The van der Waals surface area contributed by atoms with Gasteiger partial charge in [-0.25, -0.2) is 4.98 Å². The van der Waals surface area contributed by atoms with E-state index in [9.17, 15) is 4.79 Å². The molecule has 1 aromatic carbocycles. The zero-order chi connectivity index (χ0) is 21.5. The van der Waals surface area contributed by atoms with Gasteiger partial charge >= 0.3 is 0 Å². The van der Waals surface area contributed by atoms with Gasteiger partial charge in [0.1, 0.15) is 4.83 Å². The van der Waals surface area contributed by atoms with Crippen LogP contribution in [0.1, 0.15) is 60.2 Å². The van der Waals surface area contributed by atoms with Crippen molar-refractivity contribution in [1.82, 2.24) is 19.7 Å². The van der Waals surface area contributed by atoms with Gasteiger partial charge in [-0.3, -0.25) is 9.36 Å². The van der Waals surface area contributed by atoms with E-state index in [0.717, 1.165) is 57.1 Å². The van der Waals surface area contributed by atoms with Crippen molar-refractivity contribution >= 4 is 33.3 Å². The van der Waals surface area contributed by atoms with Crippen molar-refractivity contribution in [3.8, 4) is 11.5 Å². The highest BCUT2D eigenvalue weighted by molar-refractivity contribution is 7.99. The molecule has 4 aromatic rings. The Hall–Kier alpha value is -2.45. The van der Waals surface area contributed by atoms with Crippen LogP contribution in [0.5, 0.6) is 0 Å². The topological polar surface area (TPSA) is 73.8 Å². The second kappa shape index (κ2) is 8.24. The van der Waals surface area contributed by atoms with Crippen LogP contribution in [0.15, 0.2) is 44.7 Å². The van der Waals surface area contributed by atoms with Crippen LogP contribution in [-0.4, -0.2) is 19.7 Å². The largest absolute Gasteiger partial charge is 0.419 e. The fourth-order valence-electron chi connectivity index (χ4n) is 4.16. The zero-order valence-electron chi connectivity index (χ0n) is 17.8. The minimum absolute atomic E-state index is 0.0870. The Morgan fingerprint density at radius 3 is 2.65 bits per heavy atom. The summed E-state index contributed by atoms with van der Waals surface area (Å²) in [4.78, 5) is 20.5. The summed E-state index contributed by atoms with van der Waals surface area (Å²) >= 11 is 3.12. The summed E-state index contributed by atoms with van der Waals surface area (Å²) in [6, 6.07) is 9.95. The van der Waals surface area contributed by atoms with Gasteiger partial charge in [0, 0.05) is 16.5 Å². The third-order valence-corrected chi connectivity index (χ3v) is 8.14. The molecule has 3 heterocycles. The van der Waals surface area contributed by atoms with Gasteiger partial charge in [0.2, 0.25) is 11.8 Å². The van der Waals surface area contributed by atoms with Gasteiger partial charge in [-0.2, -0.15) is 0 Å². The highest BCUT2D eigenvalue weighted by Gasteiger charge is 2.27. The number of fused-ring (bicyclic) bond motifs is 1. The molecular formula is C23H24N4O2S2. The maximum atomic E-state index is 13.5. The van der Waals surface area contributed by atoms with Crippen molar-refractivity contribution in [1.29, 1.82) is 0 Å². The molecule has 1 atom stereocenters. The Morgan fingerprint density at radius 1 is 1.16 bits per heavy atom. The predicted molar refractivity (Wildman–Crippen MR) is 125 cm³/mol. The lowest BCUT2D eigenvalue weighted by Gasteiger charge is -2.19. The van der Waals surface area contributed by atoms with E-state index in [0.29, 0.717) is 11.8 Å². The lowest BCUT2D eigenvalue weighted by atomic mass is 10.2. The van der Waals surface area contributed by atoms with Gasteiger partial charge in [0.15, 0.2) is 5.16 Å². The Balaban J connectivity index is 1.53. The third kappa shape index (κ3) is 3.72. The maximum absolute atomic E-state index is 13.5. The normalized spacial score (nSPS) is 15.7. The average molecular weight is 453 g/mol. The number of hydrogen-bond acceptors (Lipinski definition) is 7. The van der Waals surface area contributed by atoms with Crippen LogP contribution < -0.4 is 5.56 Å². The lowest BCUT2D eigenvalue weighted by Crippen LogP contribution is -2.26. The Labute approximate surface area is 188 Å². The summed E-state index contributed by atoms with van der Waals surface area (Å²) in [6.07, 6.45) is 4.35. The van der Waals surface area contributed by atoms with Crippen LogP contribution in [0.25, 0.3) is 21.7 Å². The molecule has 8 heteroatoms. The van der Waals surface area contributed by atoms with E-state index < -0.39 is 0 Å². The summed E-state index contributed by atoms with van der Waals surface area (Å²) in [5, 5.41) is 9.88. The molecule has 0 amide bonds. The number of aromatic nitrogens is 4. The zero-order valence-corrected chi connectivity index (χ0v) is 19.4. The van der Waals surface area contributed by atoms with Crippen LogP contribution in [0.3, 0.4) is 0 Å². The quantitative estimate of drug-likeness (QED) is 0.269. The van der Waals surface area contributed by atoms with Crippen molar-refractivity contribution < 1.29 is 4.42 Å². The molecule has 0 aliphatic heterocycles. The molecule has 1 aliphatic carbocycles. The van der Waals surface area contributed by atoms with Crippen molar-refractivity contribution in [3.05, 3.63) is 57.0 Å².